The number of nitro benzene ring substituents is 1. The molecular weight excluding hydrogens is 212 g/mol. The fourth-order valence-electron chi connectivity index (χ4n) is 1.02. The molecule has 0 heterocycles. The Hall–Kier alpha value is -2.42. The van der Waals surface area contributed by atoms with Crippen molar-refractivity contribution in [2.24, 2.45) is 0 Å². The molecule has 1 rings (SSSR count). The van der Waals surface area contributed by atoms with Gasteiger partial charge in [0.05, 0.1) is 23.0 Å². The van der Waals surface area contributed by atoms with Crippen LogP contribution in [-0.2, 0) is 4.74 Å². The van der Waals surface area contributed by atoms with Crippen LogP contribution in [0.5, 0.6) is 0 Å². The maximum atomic E-state index is 11.3. The average molecular weight is 220 g/mol. The standard InChI is InChI=1S/C10H8N2O4/c11-5-2-6-16-10(13)8-3-1-4-9(7-8)12(14)15/h1,3-4,7H,2,6H2. The van der Waals surface area contributed by atoms with E-state index in [4.69, 9.17) is 10.00 Å². The third-order valence-electron chi connectivity index (χ3n) is 1.74. The molecule has 16 heavy (non-hydrogen) atoms. The van der Waals surface area contributed by atoms with Gasteiger partial charge in [0.2, 0.25) is 0 Å². The van der Waals surface area contributed by atoms with Gasteiger partial charge in [0.25, 0.3) is 5.69 Å². The van der Waals surface area contributed by atoms with Gasteiger partial charge in [-0.1, -0.05) is 6.07 Å². The van der Waals surface area contributed by atoms with Gasteiger partial charge < -0.3 is 4.74 Å². The minimum atomic E-state index is -0.668. The molecule has 0 aliphatic heterocycles. The van der Waals surface area contributed by atoms with Gasteiger partial charge in [-0.3, -0.25) is 10.1 Å². The summed E-state index contributed by atoms with van der Waals surface area (Å²) in [6, 6.07) is 7.06. The van der Waals surface area contributed by atoms with E-state index in [9.17, 15) is 14.9 Å². The topological polar surface area (TPSA) is 93.2 Å². The Morgan fingerprint density at radius 1 is 1.56 bits per heavy atom. The zero-order valence-corrected chi connectivity index (χ0v) is 8.25. The lowest BCUT2D eigenvalue weighted by Crippen LogP contribution is -2.06. The predicted octanol–water partition coefficient (Wildman–Crippen LogP) is 1.67. The van der Waals surface area contributed by atoms with Gasteiger partial charge in [-0.05, 0) is 6.07 Å². The number of ether oxygens (including phenoxy) is 1. The Labute approximate surface area is 91.2 Å². The molecule has 0 bridgehead atoms. The highest BCUT2D eigenvalue weighted by Gasteiger charge is 2.12. The fourth-order valence-corrected chi connectivity index (χ4v) is 1.02. The molecule has 0 fully saturated rings. The summed E-state index contributed by atoms with van der Waals surface area (Å²) in [5.41, 5.74) is -0.0677. The van der Waals surface area contributed by atoms with E-state index in [-0.39, 0.29) is 24.3 Å². The number of non-ortho nitro benzene ring substituents is 1. The summed E-state index contributed by atoms with van der Waals surface area (Å²) >= 11 is 0. The number of hydrogen-bond acceptors (Lipinski definition) is 5. The van der Waals surface area contributed by atoms with Crippen LogP contribution in [-0.4, -0.2) is 17.5 Å². The second-order valence-corrected chi connectivity index (χ2v) is 2.85. The quantitative estimate of drug-likeness (QED) is 0.333. The van der Waals surface area contributed by atoms with E-state index < -0.39 is 10.9 Å². The smallest absolute Gasteiger partial charge is 0.338 e. The van der Waals surface area contributed by atoms with Crippen molar-refractivity contribution in [3.8, 4) is 6.07 Å². The van der Waals surface area contributed by atoms with Crippen LogP contribution in [0.4, 0.5) is 5.69 Å². The maximum absolute atomic E-state index is 11.3. The van der Waals surface area contributed by atoms with Crippen molar-refractivity contribution in [1.82, 2.24) is 0 Å². The summed E-state index contributed by atoms with van der Waals surface area (Å²) in [5.74, 6) is -0.668. The maximum Gasteiger partial charge on any atom is 0.338 e. The molecule has 0 N–H and O–H groups in total. The highest BCUT2D eigenvalue weighted by molar-refractivity contribution is 5.90. The largest absolute Gasteiger partial charge is 0.461 e. The molecular formula is C10H8N2O4. The Morgan fingerprint density at radius 2 is 2.31 bits per heavy atom. The van der Waals surface area contributed by atoms with E-state index in [2.05, 4.69) is 0 Å². The van der Waals surface area contributed by atoms with E-state index in [1.165, 1.54) is 18.2 Å². The second-order valence-electron chi connectivity index (χ2n) is 2.85. The number of nitriles is 1. The Bertz CT molecular complexity index is 450. The minimum Gasteiger partial charge on any atom is -0.461 e. The lowest BCUT2D eigenvalue weighted by Gasteiger charge is -2.01. The van der Waals surface area contributed by atoms with Gasteiger partial charge >= 0.3 is 5.97 Å². The SMILES string of the molecule is N#CCCOC(=O)c1cccc([N+](=O)[O-])c1. The average Bonchev–Trinajstić information content (AvgIpc) is 2.29. The molecule has 82 valence electrons. The van der Waals surface area contributed by atoms with Gasteiger partial charge in [-0.25, -0.2) is 4.79 Å². The lowest BCUT2D eigenvalue weighted by atomic mass is 10.2. The summed E-state index contributed by atoms with van der Waals surface area (Å²) in [6.07, 6.45) is 0.0979. The second kappa shape index (κ2) is 5.46. The molecule has 0 saturated carbocycles. The Kier molecular flexibility index (Phi) is 3.98. The summed E-state index contributed by atoms with van der Waals surface area (Å²) in [7, 11) is 0. The van der Waals surface area contributed by atoms with Crippen LogP contribution in [0.2, 0.25) is 0 Å². The number of nitrogens with zero attached hydrogens (tertiary/aromatic N) is 2. The number of hydrogen-bond donors (Lipinski definition) is 0. The highest BCUT2D eigenvalue weighted by atomic mass is 16.6. The highest BCUT2D eigenvalue weighted by Crippen LogP contribution is 2.13. The number of rotatable bonds is 4. The molecule has 0 unspecified atom stereocenters. The first kappa shape index (κ1) is 11.7. The summed E-state index contributed by atoms with van der Waals surface area (Å²) < 4.78 is 4.72. The molecule has 0 aliphatic rings. The van der Waals surface area contributed by atoms with Crippen molar-refractivity contribution in [2.75, 3.05) is 6.61 Å². The van der Waals surface area contributed by atoms with E-state index in [1.54, 1.807) is 0 Å². The van der Waals surface area contributed by atoms with Crippen LogP contribution in [0.15, 0.2) is 24.3 Å². The van der Waals surface area contributed by atoms with Crippen LogP contribution in [0.25, 0.3) is 0 Å². The van der Waals surface area contributed by atoms with E-state index in [0.29, 0.717) is 0 Å². The van der Waals surface area contributed by atoms with E-state index in [0.717, 1.165) is 6.07 Å². The molecule has 0 spiro atoms. The number of benzene rings is 1. The minimum absolute atomic E-state index is 0.0158. The van der Waals surface area contributed by atoms with E-state index in [1.807, 2.05) is 6.07 Å². The first-order chi connectivity index (χ1) is 7.65. The first-order valence-electron chi connectivity index (χ1n) is 4.43. The van der Waals surface area contributed by atoms with Gasteiger partial charge in [0.15, 0.2) is 0 Å². The normalized spacial score (nSPS) is 9.19. The molecule has 0 aliphatic carbocycles. The number of esters is 1. The molecule has 6 nitrogen and oxygen atoms in total. The van der Waals surface area contributed by atoms with E-state index >= 15 is 0 Å². The van der Waals surface area contributed by atoms with Crippen molar-refractivity contribution >= 4 is 11.7 Å². The monoisotopic (exact) mass is 220 g/mol. The Balaban J connectivity index is 2.73. The molecule has 0 saturated heterocycles. The van der Waals surface area contributed by atoms with Crippen LogP contribution >= 0.6 is 0 Å². The van der Waals surface area contributed by atoms with Crippen molar-refractivity contribution in [1.29, 1.82) is 5.26 Å². The molecule has 0 amide bonds. The molecule has 0 aromatic heterocycles. The van der Waals surface area contributed by atoms with Crippen molar-refractivity contribution in [3.63, 3.8) is 0 Å². The molecule has 1 aromatic carbocycles. The lowest BCUT2D eigenvalue weighted by molar-refractivity contribution is -0.384. The van der Waals surface area contributed by atoms with Crippen LogP contribution < -0.4 is 0 Å². The van der Waals surface area contributed by atoms with Gasteiger partial charge in [-0.15, -0.1) is 0 Å². The van der Waals surface area contributed by atoms with Crippen LogP contribution in [0, 0.1) is 21.4 Å². The summed E-state index contributed by atoms with van der Waals surface area (Å²) in [6.45, 7) is -0.0158. The zero-order chi connectivity index (χ0) is 12.0. The number of nitro groups is 1. The summed E-state index contributed by atoms with van der Waals surface area (Å²) in [4.78, 5) is 21.2. The Morgan fingerprint density at radius 3 is 2.94 bits per heavy atom. The van der Waals surface area contributed by atoms with Crippen LogP contribution in [0.3, 0.4) is 0 Å². The zero-order valence-electron chi connectivity index (χ0n) is 8.25. The summed E-state index contributed by atoms with van der Waals surface area (Å²) in [5, 5.41) is 18.7. The van der Waals surface area contributed by atoms with Gasteiger partial charge in [-0.2, -0.15) is 5.26 Å². The predicted molar refractivity (Wildman–Crippen MR) is 53.6 cm³/mol. The van der Waals surface area contributed by atoms with Crippen LogP contribution in [0.1, 0.15) is 16.8 Å². The first-order valence-corrected chi connectivity index (χ1v) is 4.43. The van der Waals surface area contributed by atoms with Gasteiger partial charge in [0.1, 0.15) is 6.61 Å². The van der Waals surface area contributed by atoms with Crippen molar-refractivity contribution in [2.45, 2.75) is 6.42 Å². The van der Waals surface area contributed by atoms with Gasteiger partial charge in [0, 0.05) is 12.1 Å². The molecule has 0 radical (unpaired) electrons. The van der Waals surface area contributed by atoms with Crippen molar-refractivity contribution in [3.05, 3.63) is 39.9 Å². The van der Waals surface area contributed by atoms with Crippen molar-refractivity contribution < 1.29 is 14.5 Å². The number of carbonyl (C=O) groups is 1. The number of carbonyl (C=O) groups excluding carboxylic acids is 1. The fraction of sp³-hybridized carbons (Fsp3) is 0.200. The molecule has 0 atom stereocenters. The molecule has 6 heteroatoms. The third kappa shape index (κ3) is 3.06. The third-order valence-corrected chi connectivity index (χ3v) is 1.74. The molecule has 1 aromatic rings.